The second-order valence-corrected chi connectivity index (χ2v) is 5.00. The number of aryl methyl sites for hydroxylation is 1. The molecule has 0 spiro atoms. The lowest BCUT2D eigenvalue weighted by Crippen LogP contribution is -1.94. The summed E-state index contributed by atoms with van der Waals surface area (Å²) in [4.78, 5) is 15.9. The van der Waals surface area contributed by atoms with E-state index in [1.54, 1.807) is 6.07 Å². The number of carboxylic acid groups (broad SMARTS) is 1. The highest BCUT2D eigenvalue weighted by Crippen LogP contribution is 2.37. The van der Waals surface area contributed by atoms with Gasteiger partial charge in [0.05, 0.1) is 5.69 Å². The number of hydrogen-bond donors (Lipinski definition) is 1. The first-order valence-corrected chi connectivity index (χ1v) is 6.07. The molecular weight excluding hydrogens is 254 g/mol. The molecule has 92 valence electrons. The molecule has 1 aromatic carbocycles. The molecule has 2 heterocycles. The van der Waals surface area contributed by atoms with Crippen molar-refractivity contribution in [2.24, 2.45) is 0 Å². The van der Waals surface area contributed by atoms with Gasteiger partial charge in [-0.05, 0) is 25.1 Å². The molecule has 1 aliphatic rings. The average molecular weight is 263 g/mol. The van der Waals surface area contributed by atoms with Crippen molar-refractivity contribution in [1.82, 2.24) is 4.98 Å². The van der Waals surface area contributed by atoms with Crippen molar-refractivity contribution in [2.45, 2.75) is 6.92 Å². The Bertz CT molecular complexity index is 635. The van der Waals surface area contributed by atoms with Crippen LogP contribution < -0.4 is 9.47 Å². The molecule has 0 amide bonds. The van der Waals surface area contributed by atoms with E-state index in [1.807, 2.05) is 19.1 Å². The average Bonchev–Trinajstić information content (AvgIpc) is 2.93. The largest absolute Gasteiger partial charge is 0.476 e. The molecular formula is C12H9NO4S. The molecule has 0 atom stereocenters. The van der Waals surface area contributed by atoms with Crippen molar-refractivity contribution in [3.05, 3.63) is 28.1 Å². The van der Waals surface area contributed by atoms with Crippen LogP contribution in [0.1, 0.15) is 14.7 Å². The molecule has 6 heteroatoms. The molecule has 2 aromatic rings. The Hall–Kier alpha value is -2.08. The summed E-state index contributed by atoms with van der Waals surface area (Å²) in [7, 11) is 0. The Morgan fingerprint density at radius 2 is 2.17 bits per heavy atom. The fraction of sp³-hybridized carbons (Fsp3) is 0.167. The highest BCUT2D eigenvalue weighted by Gasteiger charge is 2.18. The van der Waals surface area contributed by atoms with Crippen molar-refractivity contribution >= 4 is 17.3 Å². The molecule has 1 aliphatic heterocycles. The minimum atomic E-state index is -1.00. The van der Waals surface area contributed by atoms with Crippen LogP contribution in [0.4, 0.5) is 0 Å². The maximum atomic E-state index is 10.9. The number of carboxylic acids is 1. The first-order chi connectivity index (χ1) is 8.65. The Kier molecular flexibility index (Phi) is 2.45. The number of fused-ring (bicyclic) bond motifs is 1. The van der Waals surface area contributed by atoms with Gasteiger partial charge in [-0.3, -0.25) is 0 Å². The maximum Gasteiger partial charge on any atom is 0.365 e. The third kappa shape index (κ3) is 1.70. The molecule has 0 saturated carbocycles. The summed E-state index contributed by atoms with van der Waals surface area (Å²) in [6.07, 6.45) is 0. The molecule has 0 unspecified atom stereocenters. The number of aromatic nitrogens is 1. The maximum absolute atomic E-state index is 10.9. The third-order valence-electron chi connectivity index (χ3n) is 2.63. The number of nitrogens with zero attached hydrogens (tertiary/aromatic N) is 1. The van der Waals surface area contributed by atoms with Gasteiger partial charge in [0.1, 0.15) is 0 Å². The van der Waals surface area contributed by atoms with Crippen molar-refractivity contribution in [3.8, 4) is 22.8 Å². The van der Waals surface area contributed by atoms with Gasteiger partial charge in [0.2, 0.25) is 11.8 Å². The van der Waals surface area contributed by atoms with Crippen LogP contribution in [0.3, 0.4) is 0 Å². The quantitative estimate of drug-likeness (QED) is 0.901. The van der Waals surface area contributed by atoms with Crippen molar-refractivity contribution in [1.29, 1.82) is 0 Å². The normalized spacial score (nSPS) is 12.7. The van der Waals surface area contributed by atoms with Crippen LogP contribution in [-0.4, -0.2) is 22.9 Å². The predicted molar refractivity (Wildman–Crippen MR) is 65.4 cm³/mol. The minimum absolute atomic E-state index is 0.0974. The number of benzene rings is 1. The number of rotatable bonds is 2. The molecule has 0 saturated heterocycles. The van der Waals surface area contributed by atoms with Gasteiger partial charge in [0.15, 0.2) is 11.5 Å². The van der Waals surface area contributed by atoms with Crippen molar-refractivity contribution in [2.75, 3.05) is 6.79 Å². The fourth-order valence-corrected chi connectivity index (χ4v) is 2.57. The Balaban J connectivity index is 2.07. The zero-order valence-corrected chi connectivity index (χ0v) is 10.3. The smallest absolute Gasteiger partial charge is 0.365 e. The summed E-state index contributed by atoms with van der Waals surface area (Å²) < 4.78 is 10.5. The Morgan fingerprint density at radius 1 is 1.39 bits per heavy atom. The lowest BCUT2D eigenvalue weighted by atomic mass is 10.1. The van der Waals surface area contributed by atoms with Gasteiger partial charge in [-0.25, -0.2) is 9.78 Å². The summed E-state index contributed by atoms with van der Waals surface area (Å²) in [6.45, 7) is 2.07. The predicted octanol–water partition coefficient (Wildman–Crippen LogP) is 2.55. The highest BCUT2D eigenvalue weighted by atomic mass is 32.1. The van der Waals surface area contributed by atoms with Crippen LogP contribution in [0.5, 0.6) is 11.5 Å². The number of aromatic carboxylic acids is 1. The second kappa shape index (κ2) is 3.99. The lowest BCUT2D eigenvalue weighted by Gasteiger charge is -2.00. The number of thiazole rings is 1. The van der Waals surface area contributed by atoms with Gasteiger partial charge in [0, 0.05) is 10.4 Å². The molecule has 1 N–H and O–H groups in total. The topological polar surface area (TPSA) is 68.7 Å². The monoisotopic (exact) mass is 263 g/mol. The molecule has 0 radical (unpaired) electrons. The summed E-state index contributed by atoms with van der Waals surface area (Å²) in [5.74, 6) is 0.358. The fourth-order valence-electron chi connectivity index (χ4n) is 1.80. The summed E-state index contributed by atoms with van der Waals surface area (Å²) >= 11 is 1.17. The molecule has 0 fully saturated rings. The van der Waals surface area contributed by atoms with E-state index in [-0.39, 0.29) is 11.8 Å². The molecule has 0 bridgehead atoms. The first kappa shape index (κ1) is 11.0. The standard InChI is InChI=1S/C12H9NO4S/c1-6-10(13-11(18-6)12(14)15)7-2-3-8-9(4-7)17-5-16-8/h2-4H,5H2,1H3,(H,14,15). The summed E-state index contributed by atoms with van der Waals surface area (Å²) in [5, 5.41) is 9.02. The van der Waals surface area contributed by atoms with Crippen LogP contribution >= 0.6 is 11.3 Å². The van der Waals surface area contributed by atoms with Crippen LogP contribution in [0, 0.1) is 6.92 Å². The highest BCUT2D eigenvalue weighted by molar-refractivity contribution is 7.13. The Morgan fingerprint density at radius 3 is 2.89 bits per heavy atom. The molecule has 18 heavy (non-hydrogen) atoms. The molecule has 5 nitrogen and oxygen atoms in total. The van der Waals surface area contributed by atoms with E-state index in [0.717, 1.165) is 10.4 Å². The zero-order chi connectivity index (χ0) is 12.7. The molecule has 1 aromatic heterocycles. The second-order valence-electron chi connectivity index (χ2n) is 3.80. The SMILES string of the molecule is Cc1sc(C(=O)O)nc1-c1ccc2c(c1)OCO2. The third-order valence-corrected chi connectivity index (χ3v) is 3.58. The minimum Gasteiger partial charge on any atom is -0.476 e. The van der Waals surface area contributed by atoms with E-state index in [2.05, 4.69) is 4.98 Å². The lowest BCUT2D eigenvalue weighted by molar-refractivity contribution is 0.0696. The van der Waals surface area contributed by atoms with E-state index < -0.39 is 5.97 Å². The van der Waals surface area contributed by atoms with Gasteiger partial charge in [-0.1, -0.05) is 0 Å². The number of carbonyl (C=O) groups is 1. The molecule has 3 rings (SSSR count). The van der Waals surface area contributed by atoms with Gasteiger partial charge in [-0.2, -0.15) is 0 Å². The van der Waals surface area contributed by atoms with Gasteiger partial charge in [0.25, 0.3) is 0 Å². The van der Waals surface area contributed by atoms with E-state index in [0.29, 0.717) is 17.2 Å². The number of ether oxygens (including phenoxy) is 2. The van der Waals surface area contributed by atoms with E-state index >= 15 is 0 Å². The van der Waals surface area contributed by atoms with Crippen molar-refractivity contribution in [3.63, 3.8) is 0 Å². The van der Waals surface area contributed by atoms with Gasteiger partial charge in [-0.15, -0.1) is 11.3 Å². The van der Waals surface area contributed by atoms with Crippen LogP contribution in [-0.2, 0) is 0 Å². The van der Waals surface area contributed by atoms with E-state index in [4.69, 9.17) is 14.6 Å². The molecule has 0 aliphatic carbocycles. The van der Waals surface area contributed by atoms with E-state index in [9.17, 15) is 4.79 Å². The zero-order valence-electron chi connectivity index (χ0n) is 9.47. The van der Waals surface area contributed by atoms with Gasteiger partial charge >= 0.3 is 5.97 Å². The van der Waals surface area contributed by atoms with Crippen molar-refractivity contribution < 1.29 is 19.4 Å². The Labute approximate surface area is 107 Å². The number of hydrogen-bond acceptors (Lipinski definition) is 5. The summed E-state index contributed by atoms with van der Waals surface area (Å²) in [6, 6.07) is 5.47. The van der Waals surface area contributed by atoms with Gasteiger partial charge < -0.3 is 14.6 Å². The van der Waals surface area contributed by atoms with Crippen LogP contribution in [0.25, 0.3) is 11.3 Å². The first-order valence-electron chi connectivity index (χ1n) is 5.26. The van der Waals surface area contributed by atoms with E-state index in [1.165, 1.54) is 11.3 Å². The van der Waals surface area contributed by atoms with Crippen LogP contribution in [0.15, 0.2) is 18.2 Å². The summed E-state index contributed by atoms with van der Waals surface area (Å²) in [5.41, 5.74) is 1.51. The van der Waals surface area contributed by atoms with Crippen LogP contribution in [0.2, 0.25) is 0 Å².